The third kappa shape index (κ3) is 3.13. The second kappa shape index (κ2) is 7.08. The van der Waals surface area contributed by atoms with Gasteiger partial charge in [0.05, 0.1) is 4.88 Å². The van der Waals surface area contributed by atoms with Gasteiger partial charge >= 0.3 is 0 Å². The molecule has 0 radical (unpaired) electrons. The lowest BCUT2D eigenvalue weighted by Crippen LogP contribution is -2.06. The molecule has 0 fully saturated rings. The molecule has 1 aromatic carbocycles. The van der Waals surface area contributed by atoms with E-state index in [2.05, 4.69) is 10.1 Å². The highest BCUT2D eigenvalue weighted by atomic mass is 32.1. The van der Waals surface area contributed by atoms with Gasteiger partial charge in [0, 0.05) is 0 Å². The zero-order valence-corrected chi connectivity index (χ0v) is 14.3. The summed E-state index contributed by atoms with van der Waals surface area (Å²) in [5, 5.41) is 5.64. The van der Waals surface area contributed by atoms with Crippen molar-refractivity contribution >= 4 is 11.3 Å². The van der Waals surface area contributed by atoms with Crippen molar-refractivity contribution in [3.8, 4) is 28.1 Å². The van der Waals surface area contributed by atoms with E-state index >= 15 is 0 Å². The molecule has 0 amide bonds. The maximum absolute atomic E-state index is 13.6. The van der Waals surface area contributed by atoms with Gasteiger partial charge in [-0.2, -0.15) is 13.8 Å². The maximum atomic E-state index is 13.6. The maximum Gasteiger partial charge on any atom is 0.293 e. The van der Waals surface area contributed by atoms with Crippen LogP contribution in [0.1, 0.15) is 5.76 Å². The molecule has 0 unspecified atom stereocenters. The van der Waals surface area contributed by atoms with Crippen molar-refractivity contribution in [1.29, 1.82) is 0 Å². The Labute approximate surface area is 157 Å². The van der Waals surface area contributed by atoms with E-state index in [9.17, 15) is 22.0 Å². The summed E-state index contributed by atoms with van der Waals surface area (Å²) in [6.45, 7) is -0.593. The second-order valence-corrected chi connectivity index (χ2v) is 6.30. The molecule has 0 aliphatic rings. The lowest BCUT2D eigenvalue weighted by atomic mass is 10.2. The lowest BCUT2D eigenvalue weighted by Gasteiger charge is -2.08. The van der Waals surface area contributed by atoms with Gasteiger partial charge in [-0.05, 0) is 23.6 Å². The monoisotopic (exact) mass is 414 g/mol. The topological polar surface area (TPSA) is 61.3 Å². The molecule has 3 aromatic heterocycles. The van der Waals surface area contributed by atoms with Crippen LogP contribution < -0.4 is 4.74 Å². The fourth-order valence-corrected chi connectivity index (χ4v) is 2.90. The molecule has 0 spiro atoms. The van der Waals surface area contributed by atoms with Crippen LogP contribution in [0.25, 0.3) is 22.4 Å². The molecule has 28 heavy (non-hydrogen) atoms. The number of hydrogen-bond acceptors (Lipinski definition) is 6. The zero-order chi connectivity index (χ0) is 19.8. The van der Waals surface area contributed by atoms with Crippen molar-refractivity contribution in [2.24, 2.45) is 0 Å². The second-order valence-electron chi connectivity index (χ2n) is 5.35. The predicted octanol–water partition coefficient (Wildman–Crippen LogP) is 5.33. The normalized spacial score (nSPS) is 11.2. The van der Waals surface area contributed by atoms with Crippen molar-refractivity contribution in [2.45, 2.75) is 6.61 Å². The number of hydrogen-bond donors (Lipinski definition) is 0. The fraction of sp³-hybridized carbons (Fsp3) is 0.0588. The van der Waals surface area contributed by atoms with Gasteiger partial charge in [-0.15, -0.1) is 11.3 Å². The highest BCUT2D eigenvalue weighted by molar-refractivity contribution is 7.13. The molecule has 0 atom stereocenters. The van der Waals surface area contributed by atoms with Crippen molar-refractivity contribution in [2.75, 3.05) is 0 Å². The van der Waals surface area contributed by atoms with Gasteiger partial charge in [0.1, 0.15) is 12.4 Å². The Kier molecular flexibility index (Phi) is 4.59. The SMILES string of the molecule is Fc1c(F)c(F)c(OCc2ccc(-c3nc(-c4cccs4)no3)o2)c(F)c1F. The quantitative estimate of drug-likeness (QED) is 0.251. The average molecular weight is 414 g/mol. The summed E-state index contributed by atoms with van der Waals surface area (Å²) >= 11 is 1.41. The molecule has 0 bridgehead atoms. The number of thiophene rings is 1. The Bertz CT molecular complexity index is 1110. The van der Waals surface area contributed by atoms with Crippen LogP contribution >= 0.6 is 11.3 Å². The van der Waals surface area contributed by atoms with Crippen LogP contribution in [0.15, 0.2) is 38.6 Å². The van der Waals surface area contributed by atoms with Crippen LogP contribution in [0, 0.1) is 29.1 Å². The first kappa shape index (κ1) is 18.2. The molecule has 0 saturated carbocycles. The number of benzene rings is 1. The molecule has 4 rings (SSSR count). The highest BCUT2D eigenvalue weighted by Crippen LogP contribution is 2.31. The molecule has 5 nitrogen and oxygen atoms in total. The Morgan fingerprint density at radius 2 is 1.64 bits per heavy atom. The minimum absolute atomic E-state index is 0.0369. The van der Waals surface area contributed by atoms with Crippen LogP contribution in [-0.4, -0.2) is 10.1 Å². The van der Waals surface area contributed by atoms with Crippen LogP contribution in [0.5, 0.6) is 5.75 Å². The zero-order valence-electron chi connectivity index (χ0n) is 13.5. The molecule has 0 aliphatic heterocycles. The van der Waals surface area contributed by atoms with Gasteiger partial charge in [0.15, 0.2) is 11.5 Å². The van der Waals surface area contributed by atoms with E-state index in [0.717, 1.165) is 4.88 Å². The molecular formula is C17H7F5N2O3S. The summed E-state index contributed by atoms with van der Waals surface area (Å²) in [6, 6.07) is 6.42. The van der Waals surface area contributed by atoms with E-state index < -0.39 is 41.4 Å². The van der Waals surface area contributed by atoms with Crippen molar-refractivity contribution < 1.29 is 35.6 Å². The van der Waals surface area contributed by atoms with Crippen LogP contribution in [0.2, 0.25) is 0 Å². The molecule has 0 N–H and O–H groups in total. The van der Waals surface area contributed by atoms with Gasteiger partial charge in [-0.1, -0.05) is 11.2 Å². The third-order valence-corrected chi connectivity index (χ3v) is 4.43. The van der Waals surface area contributed by atoms with Gasteiger partial charge in [0.25, 0.3) is 5.89 Å². The van der Waals surface area contributed by atoms with Crippen molar-refractivity contribution in [1.82, 2.24) is 10.1 Å². The van der Waals surface area contributed by atoms with Crippen LogP contribution in [0.4, 0.5) is 22.0 Å². The van der Waals surface area contributed by atoms with E-state index in [0.29, 0.717) is 5.82 Å². The minimum atomic E-state index is -2.26. The Morgan fingerprint density at radius 1 is 0.929 bits per heavy atom. The van der Waals surface area contributed by atoms with Crippen LogP contribution in [0.3, 0.4) is 0 Å². The number of ether oxygens (including phenoxy) is 1. The number of aromatic nitrogens is 2. The predicted molar refractivity (Wildman–Crippen MR) is 85.9 cm³/mol. The van der Waals surface area contributed by atoms with E-state index in [1.165, 1.54) is 23.5 Å². The van der Waals surface area contributed by atoms with Crippen LogP contribution in [-0.2, 0) is 6.61 Å². The third-order valence-electron chi connectivity index (χ3n) is 3.57. The standard InChI is InChI=1S/C17H7F5N2O3S/c18-10-11(19)13(21)15(14(22)12(10)20)25-6-7-3-4-8(26-7)17-23-16(24-27-17)9-2-1-5-28-9/h1-5H,6H2. The van der Waals surface area contributed by atoms with E-state index in [1.54, 1.807) is 6.07 Å². The summed E-state index contributed by atoms with van der Waals surface area (Å²) in [6.07, 6.45) is 0. The Balaban J connectivity index is 1.52. The summed E-state index contributed by atoms with van der Waals surface area (Å²) < 4.78 is 81.8. The van der Waals surface area contributed by atoms with E-state index in [4.69, 9.17) is 13.7 Å². The van der Waals surface area contributed by atoms with Gasteiger partial charge in [0.2, 0.25) is 34.9 Å². The number of furan rings is 1. The summed E-state index contributed by atoms with van der Waals surface area (Å²) in [5.41, 5.74) is 0. The molecule has 0 aliphatic carbocycles. The molecule has 4 aromatic rings. The molecule has 144 valence electrons. The van der Waals surface area contributed by atoms with Crippen molar-refractivity contribution in [3.05, 3.63) is 64.5 Å². The Hall–Kier alpha value is -3.21. The molecule has 0 saturated heterocycles. The van der Waals surface area contributed by atoms with E-state index in [1.807, 2.05) is 11.4 Å². The Morgan fingerprint density at radius 3 is 2.32 bits per heavy atom. The minimum Gasteiger partial charge on any atom is -0.479 e. The van der Waals surface area contributed by atoms with Gasteiger partial charge in [-0.3, -0.25) is 0 Å². The molecular weight excluding hydrogens is 407 g/mol. The average Bonchev–Trinajstić information content (AvgIpc) is 3.45. The first-order valence-corrected chi connectivity index (χ1v) is 8.44. The lowest BCUT2D eigenvalue weighted by molar-refractivity contribution is 0.232. The van der Waals surface area contributed by atoms with Crippen molar-refractivity contribution in [3.63, 3.8) is 0 Å². The summed E-state index contributed by atoms with van der Waals surface area (Å²) in [4.78, 5) is 4.93. The number of nitrogens with zero attached hydrogens (tertiary/aromatic N) is 2. The van der Waals surface area contributed by atoms with Gasteiger partial charge in [-0.25, -0.2) is 13.2 Å². The number of halogens is 5. The fourth-order valence-electron chi connectivity index (χ4n) is 2.25. The largest absolute Gasteiger partial charge is 0.479 e. The molecule has 11 heteroatoms. The summed E-state index contributed by atoms with van der Waals surface area (Å²) in [7, 11) is 0. The highest BCUT2D eigenvalue weighted by Gasteiger charge is 2.27. The first-order chi connectivity index (χ1) is 13.5. The molecule has 3 heterocycles. The van der Waals surface area contributed by atoms with E-state index in [-0.39, 0.29) is 17.4 Å². The van der Waals surface area contributed by atoms with Gasteiger partial charge < -0.3 is 13.7 Å². The first-order valence-electron chi connectivity index (χ1n) is 7.56. The number of rotatable bonds is 5. The smallest absolute Gasteiger partial charge is 0.293 e. The summed E-state index contributed by atoms with van der Waals surface area (Å²) in [5.74, 6) is -11.4.